The van der Waals surface area contributed by atoms with Gasteiger partial charge in [0.15, 0.2) is 17.2 Å². The number of benzene rings is 1. The summed E-state index contributed by atoms with van der Waals surface area (Å²) in [6, 6.07) is 1.44. The van der Waals surface area contributed by atoms with Crippen molar-refractivity contribution in [3.05, 3.63) is 56.5 Å². The van der Waals surface area contributed by atoms with Gasteiger partial charge in [-0.25, -0.2) is 0 Å². The first-order chi connectivity index (χ1) is 17.2. The van der Waals surface area contributed by atoms with Crippen molar-refractivity contribution in [2.24, 2.45) is 7.05 Å². The van der Waals surface area contributed by atoms with Crippen LogP contribution in [0, 0.1) is 6.92 Å². The lowest BCUT2D eigenvalue weighted by Crippen LogP contribution is -2.37. The number of carbonyl (C=O) groups is 2. The molecule has 11 nitrogen and oxygen atoms in total. The lowest BCUT2D eigenvalue weighted by atomic mass is 9.91. The molecule has 2 aromatic rings. The number of nitrogens with zero attached hydrogens (tertiary/aromatic N) is 1. The number of ether oxygens (including phenoxy) is 1. The molecule has 1 aromatic heterocycles. The van der Waals surface area contributed by atoms with Gasteiger partial charge in [0, 0.05) is 61.9 Å². The molecule has 2 aliphatic rings. The van der Waals surface area contributed by atoms with E-state index in [9.17, 15) is 29.7 Å². The molecule has 2 unspecified atom stereocenters. The van der Waals surface area contributed by atoms with Gasteiger partial charge in [0.25, 0.3) is 17.4 Å². The van der Waals surface area contributed by atoms with Gasteiger partial charge in [-0.3, -0.25) is 14.4 Å². The molecule has 2 atom stereocenters. The molecule has 11 heteroatoms. The Hall–Kier alpha value is -3.99. The Morgan fingerprint density at radius 3 is 2.22 bits per heavy atom. The molecule has 192 valence electrons. The number of rotatable bonds is 9. The number of hydrogen-bond acceptors (Lipinski definition) is 8. The van der Waals surface area contributed by atoms with Crippen molar-refractivity contribution in [3.8, 4) is 23.0 Å². The average molecular weight is 499 g/mol. The minimum absolute atomic E-state index is 0.00634. The summed E-state index contributed by atoms with van der Waals surface area (Å²) in [5.41, 5.74) is 1.09. The van der Waals surface area contributed by atoms with Crippen molar-refractivity contribution in [3.63, 3.8) is 0 Å². The summed E-state index contributed by atoms with van der Waals surface area (Å²) in [6.45, 7) is 2.84. The molecule has 6 N–H and O–H groups in total. The van der Waals surface area contributed by atoms with Crippen LogP contribution in [-0.2, 0) is 7.05 Å². The summed E-state index contributed by atoms with van der Waals surface area (Å²) in [6.07, 6.45) is 4.80. The van der Waals surface area contributed by atoms with Crippen molar-refractivity contribution in [1.29, 1.82) is 0 Å². The zero-order chi connectivity index (χ0) is 26.1. The number of phenolic OH excluding ortho intramolecular Hbond substituents is 2. The smallest absolute Gasteiger partial charge is 0.293 e. The van der Waals surface area contributed by atoms with E-state index in [4.69, 9.17) is 4.74 Å². The van der Waals surface area contributed by atoms with Crippen LogP contribution in [0.5, 0.6) is 23.0 Å². The topological polar surface area (TPSA) is 162 Å². The quantitative estimate of drug-likeness (QED) is 0.167. The van der Waals surface area contributed by atoms with Gasteiger partial charge in [-0.1, -0.05) is 12.2 Å². The van der Waals surface area contributed by atoms with Gasteiger partial charge in [-0.15, -0.1) is 0 Å². The summed E-state index contributed by atoms with van der Waals surface area (Å²) >= 11 is 0. The Labute approximate surface area is 207 Å². The second-order valence-electron chi connectivity index (χ2n) is 8.94. The molecular weight excluding hydrogens is 468 g/mol. The molecule has 2 aliphatic carbocycles. The van der Waals surface area contributed by atoms with Gasteiger partial charge in [-0.05, 0) is 19.4 Å². The second-order valence-corrected chi connectivity index (χ2v) is 8.94. The number of aromatic hydroxyl groups is 3. The molecule has 2 amide bonds. The van der Waals surface area contributed by atoms with Crippen LogP contribution in [0.2, 0.25) is 0 Å². The molecule has 0 saturated carbocycles. The Balaban J connectivity index is 1.27. The molecule has 1 aromatic carbocycles. The van der Waals surface area contributed by atoms with Gasteiger partial charge in [0.1, 0.15) is 11.3 Å². The molecule has 0 spiro atoms. The third-order valence-corrected chi connectivity index (χ3v) is 6.80. The lowest BCUT2D eigenvalue weighted by molar-refractivity contribution is 0.0942. The monoisotopic (exact) mass is 498 g/mol. The second kappa shape index (κ2) is 9.94. The van der Waals surface area contributed by atoms with Gasteiger partial charge in [0.2, 0.25) is 0 Å². The summed E-state index contributed by atoms with van der Waals surface area (Å²) in [5, 5.41) is 39.4. The van der Waals surface area contributed by atoms with Crippen LogP contribution in [0.25, 0.3) is 0 Å². The van der Waals surface area contributed by atoms with Crippen LogP contribution in [0.4, 0.5) is 0 Å². The van der Waals surface area contributed by atoms with Gasteiger partial charge in [-0.2, -0.15) is 0 Å². The number of nitrogens with one attached hydrogen (secondary N) is 3. The fourth-order valence-electron chi connectivity index (χ4n) is 4.85. The van der Waals surface area contributed by atoms with Crippen LogP contribution in [-0.4, -0.2) is 65.0 Å². The average Bonchev–Trinajstić information content (AvgIpc) is 3.48. The van der Waals surface area contributed by atoms with E-state index in [0.29, 0.717) is 24.3 Å². The number of aryl methyl sites for hydroxylation is 1. The van der Waals surface area contributed by atoms with Crippen molar-refractivity contribution >= 4 is 11.8 Å². The number of pyridine rings is 1. The summed E-state index contributed by atoms with van der Waals surface area (Å²) in [5.74, 6) is -2.18. The maximum absolute atomic E-state index is 12.8. The first kappa shape index (κ1) is 25.1. The fourth-order valence-corrected chi connectivity index (χ4v) is 4.85. The van der Waals surface area contributed by atoms with E-state index in [1.54, 1.807) is 6.92 Å². The van der Waals surface area contributed by atoms with Crippen LogP contribution in [0.3, 0.4) is 0 Å². The Morgan fingerprint density at radius 1 is 0.972 bits per heavy atom. The SMILES string of the molecule is COc1c(C(=O)NCCNCCNC(=O)c2cc(C)n(C)c(=O)c2O)c(O)c(O)c2c1C1C=CC2C1. The Morgan fingerprint density at radius 2 is 1.58 bits per heavy atom. The van der Waals surface area contributed by atoms with E-state index in [1.165, 1.54) is 24.8 Å². The van der Waals surface area contributed by atoms with Crippen LogP contribution in [0.15, 0.2) is 23.0 Å². The minimum Gasteiger partial charge on any atom is -0.504 e. The number of aromatic nitrogens is 1. The number of allylic oxidation sites excluding steroid dienone is 2. The third kappa shape index (κ3) is 4.26. The maximum atomic E-state index is 12.8. The fraction of sp³-hybridized carbons (Fsp3) is 0.400. The number of fused-ring (bicyclic) bond motifs is 5. The number of carbonyl (C=O) groups excluding carboxylic acids is 2. The van der Waals surface area contributed by atoms with E-state index in [1.807, 2.05) is 12.2 Å². The lowest BCUT2D eigenvalue weighted by Gasteiger charge is -2.21. The molecule has 0 radical (unpaired) electrons. The highest BCUT2D eigenvalue weighted by Gasteiger charge is 2.41. The van der Waals surface area contributed by atoms with E-state index in [-0.39, 0.29) is 47.6 Å². The Bertz CT molecular complexity index is 1310. The minimum atomic E-state index is -0.641. The molecule has 36 heavy (non-hydrogen) atoms. The molecular formula is C25H30N4O7. The number of phenols is 2. The Kier molecular flexibility index (Phi) is 6.93. The van der Waals surface area contributed by atoms with Crippen molar-refractivity contribution in [1.82, 2.24) is 20.5 Å². The molecule has 2 bridgehead atoms. The van der Waals surface area contributed by atoms with Crippen molar-refractivity contribution < 1.29 is 29.6 Å². The number of hydrogen-bond donors (Lipinski definition) is 6. The van der Waals surface area contributed by atoms with Crippen LogP contribution in [0.1, 0.15) is 55.8 Å². The van der Waals surface area contributed by atoms with E-state index >= 15 is 0 Å². The van der Waals surface area contributed by atoms with E-state index in [2.05, 4.69) is 16.0 Å². The molecule has 4 rings (SSSR count). The van der Waals surface area contributed by atoms with Gasteiger partial charge in [0.05, 0.1) is 12.7 Å². The summed E-state index contributed by atoms with van der Waals surface area (Å²) in [4.78, 5) is 37.1. The highest BCUT2D eigenvalue weighted by atomic mass is 16.5. The highest BCUT2D eigenvalue weighted by Crippen LogP contribution is 2.58. The third-order valence-electron chi connectivity index (χ3n) is 6.80. The van der Waals surface area contributed by atoms with E-state index in [0.717, 1.165) is 12.0 Å². The normalized spacial score (nSPS) is 17.2. The predicted octanol–water partition coefficient (Wildman–Crippen LogP) is 0.709. The summed E-state index contributed by atoms with van der Waals surface area (Å²) < 4.78 is 6.74. The predicted molar refractivity (Wildman–Crippen MR) is 131 cm³/mol. The van der Waals surface area contributed by atoms with E-state index < -0.39 is 28.9 Å². The zero-order valence-electron chi connectivity index (χ0n) is 20.3. The van der Waals surface area contributed by atoms with Crippen molar-refractivity contribution in [2.75, 3.05) is 33.3 Å². The van der Waals surface area contributed by atoms with Gasteiger partial charge < -0.3 is 40.6 Å². The number of amides is 2. The van der Waals surface area contributed by atoms with Crippen LogP contribution < -0.4 is 26.2 Å². The van der Waals surface area contributed by atoms with Crippen LogP contribution >= 0.6 is 0 Å². The first-order valence-corrected chi connectivity index (χ1v) is 11.7. The molecule has 1 heterocycles. The zero-order valence-corrected chi connectivity index (χ0v) is 20.3. The molecule has 0 aliphatic heterocycles. The highest BCUT2D eigenvalue weighted by molar-refractivity contribution is 6.02. The molecule has 0 fully saturated rings. The largest absolute Gasteiger partial charge is 0.504 e. The standard InChI is InChI=1S/C25H30N4O7/c1-12-10-15(19(30)25(35)29(12)2)23(33)27-8-6-26-7-9-28-24(34)18-21(32)20(31)16-13-4-5-14(11-13)17(16)22(18)36-3/h4-5,10,13-14,26,30-32H,6-9,11H2,1-3H3,(H,27,33)(H,28,34). The maximum Gasteiger partial charge on any atom is 0.293 e. The van der Waals surface area contributed by atoms with Gasteiger partial charge >= 0.3 is 0 Å². The number of methoxy groups -OCH3 is 1. The first-order valence-electron chi connectivity index (χ1n) is 11.7. The van der Waals surface area contributed by atoms with Crippen molar-refractivity contribution in [2.45, 2.75) is 25.2 Å². The summed E-state index contributed by atoms with van der Waals surface area (Å²) in [7, 11) is 2.94. The molecule has 0 saturated heterocycles.